The summed E-state index contributed by atoms with van der Waals surface area (Å²) in [6.07, 6.45) is 1.64. The highest BCUT2D eigenvalue weighted by molar-refractivity contribution is 14.1. The van der Waals surface area contributed by atoms with Gasteiger partial charge < -0.3 is 4.74 Å². The third kappa shape index (κ3) is 5.14. The van der Waals surface area contributed by atoms with E-state index in [1.165, 1.54) is 16.8 Å². The van der Waals surface area contributed by atoms with Crippen LogP contribution >= 0.6 is 22.6 Å². The van der Waals surface area contributed by atoms with Crippen LogP contribution in [0.25, 0.3) is 22.3 Å². The second-order valence-electron chi connectivity index (χ2n) is 7.79. The average Bonchev–Trinajstić information content (AvgIpc) is 2.89. The molecule has 0 saturated carbocycles. The summed E-state index contributed by atoms with van der Waals surface area (Å²) in [5, 5.41) is 5.02. The molecule has 7 heteroatoms. The van der Waals surface area contributed by atoms with Gasteiger partial charge in [0.05, 0.1) is 20.7 Å². The maximum absolute atomic E-state index is 13.3. The number of ether oxygens (including phenoxy) is 1. The van der Waals surface area contributed by atoms with Gasteiger partial charge in [0.1, 0.15) is 18.2 Å². The smallest absolute Gasteiger partial charge is 0.282 e. The summed E-state index contributed by atoms with van der Waals surface area (Å²) in [5.74, 6) is 0.907. The Balaban J connectivity index is 1.45. The van der Waals surface area contributed by atoms with Gasteiger partial charge in [-0.25, -0.2) is 9.37 Å². The molecule has 0 aliphatic rings. The van der Waals surface area contributed by atoms with Crippen LogP contribution in [0, 0.1) is 9.39 Å². The molecular formula is C28H19FIN3O2. The SMILES string of the molecule is O=c1c2ccccc2nc(-c2ccccc2)n1N=Cc1ccc(OCc2ccc(F)cc2)c(I)c1. The van der Waals surface area contributed by atoms with Gasteiger partial charge in [0.25, 0.3) is 5.56 Å². The first-order valence-electron chi connectivity index (χ1n) is 10.9. The van der Waals surface area contributed by atoms with Gasteiger partial charge in [-0.2, -0.15) is 9.78 Å². The van der Waals surface area contributed by atoms with Crippen LogP contribution in [-0.2, 0) is 6.61 Å². The van der Waals surface area contributed by atoms with Crippen LogP contribution in [0.1, 0.15) is 11.1 Å². The van der Waals surface area contributed by atoms with Crippen molar-refractivity contribution in [2.24, 2.45) is 5.10 Å². The normalized spacial score (nSPS) is 11.3. The van der Waals surface area contributed by atoms with Crippen molar-refractivity contribution < 1.29 is 9.13 Å². The minimum Gasteiger partial charge on any atom is -0.488 e. The number of aromatic nitrogens is 2. The predicted octanol–water partition coefficient (Wildman–Crippen LogP) is 6.27. The van der Waals surface area contributed by atoms with Crippen LogP contribution in [0.4, 0.5) is 4.39 Å². The average molecular weight is 575 g/mol. The molecule has 0 atom stereocenters. The van der Waals surface area contributed by atoms with E-state index in [1.807, 2.05) is 66.7 Å². The molecule has 0 unspecified atom stereocenters. The second kappa shape index (κ2) is 10.2. The molecule has 0 bridgehead atoms. The van der Waals surface area contributed by atoms with Gasteiger partial charge in [-0.05, 0) is 76.2 Å². The summed E-state index contributed by atoms with van der Waals surface area (Å²) in [6.45, 7) is 0.336. The van der Waals surface area contributed by atoms with Crippen LogP contribution in [0.2, 0.25) is 0 Å². The fourth-order valence-corrected chi connectivity index (χ4v) is 4.28. The number of nitrogens with zero attached hydrogens (tertiary/aromatic N) is 3. The fourth-order valence-electron chi connectivity index (χ4n) is 3.59. The maximum atomic E-state index is 13.3. The van der Waals surface area contributed by atoms with Crippen LogP contribution in [0.3, 0.4) is 0 Å². The van der Waals surface area contributed by atoms with Crippen LogP contribution < -0.4 is 10.3 Å². The summed E-state index contributed by atoms with van der Waals surface area (Å²) in [5.41, 5.74) is 2.87. The van der Waals surface area contributed by atoms with E-state index < -0.39 is 0 Å². The first-order chi connectivity index (χ1) is 17.1. The van der Waals surface area contributed by atoms with E-state index in [-0.39, 0.29) is 11.4 Å². The highest BCUT2D eigenvalue weighted by Crippen LogP contribution is 2.23. The van der Waals surface area contributed by atoms with Crippen molar-refractivity contribution in [3.05, 3.63) is 128 Å². The fraction of sp³-hybridized carbons (Fsp3) is 0.0357. The third-order valence-corrected chi connectivity index (χ3v) is 6.21. The van der Waals surface area contributed by atoms with Gasteiger partial charge >= 0.3 is 0 Å². The van der Waals surface area contributed by atoms with E-state index in [0.717, 1.165) is 20.3 Å². The zero-order valence-electron chi connectivity index (χ0n) is 18.4. The first kappa shape index (κ1) is 22.9. The number of hydrogen-bond donors (Lipinski definition) is 0. The standard InChI is InChI=1S/C28H19FIN3O2/c29-22-13-10-19(11-14-22)18-35-26-15-12-20(16-24(26)30)17-31-33-27(21-6-2-1-3-7-21)32-25-9-5-4-8-23(25)28(33)34/h1-17H,18H2. The number of hydrogen-bond acceptors (Lipinski definition) is 4. The number of benzene rings is 4. The minimum atomic E-state index is -0.275. The Hall–Kier alpha value is -3.85. The lowest BCUT2D eigenvalue weighted by molar-refractivity contribution is 0.304. The van der Waals surface area contributed by atoms with Gasteiger partial charge in [-0.1, -0.05) is 54.6 Å². The third-order valence-electron chi connectivity index (χ3n) is 5.37. The molecule has 0 radical (unpaired) electrons. The lowest BCUT2D eigenvalue weighted by Crippen LogP contribution is -2.20. The van der Waals surface area contributed by atoms with Crippen LogP contribution in [0.5, 0.6) is 5.75 Å². The Kier molecular flexibility index (Phi) is 6.67. The first-order valence-corrected chi connectivity index (χ1v) is 11.9. The second-order valence-corrected chi connectivity index (χ2v) is 8.95. The molecule has 172 valence electrons. The van der Waals surface area contributed by atoms with Crippen molar-refractivity contribution in [2.45, 2.75) is 6.61 Å². The summed E-state index contributed by atoms with van der Waals surface area (Å²) in [4.78, 5) is 18.0. The Morgan fingerprint density at radius 2 is 1.69 bits per heavy atom. The van der Waals surface area contributed by atoms with Crippen molar-refractivity contribution in [1.29, 1.82) is 0 Å². The summed E-state index contributed by atoms with van der Waals surface area (Å²) >= 11 is 2.20. The van der Waals surface area contributed by atoms with Crippen LogP contribution in [-0.4, -0.2) is 15.9 Å². The Morgan fingerprint density at radius 1 is 0.943 bits per heavy atom. The quantitative estimate of drug-likeness (QED) is 0.177. The molecule has 5 rings (SSSR count). The van der Waals surface area contributed by atoms with E-state index in [2.05, 4.69) is 27.7 Å². The van der Waals surface area contributed by atoms with Gasteiger partial charge in [0.2, 0.25) is 0 Å². The van der Waals surface area contributed by atoms with Crippen molar-refractivity contribution in [3.8, 4) is 17.1 Å². The number of rotatable bonds is 6. The van der Waals surface area contributed by atoms with E-state index in [9.17, 15) is 9.18 Å². The number of para-hydroxylation sites is 1. The zero-order valence-corrected chi connectivity index (χ0v) is 20.6. The van der Waals surface area contributed by atoms with E-state index in [4.69, 9.17) is 9.72 Å². The van der Waals surface area contributed by atoms with E-state index in [1.54, 1.807) is 24.4 Å². The predicted molar refractivity (Wildman–Crippen MR) is 144 cm³/mol. The Bertz CT molecular complexity index is 1580. The molecular weight excluding hydrogens is 556 g/mol. The molecule has 0 saturated heterocycles. The van der Waals surface area contributed by atoms with Crippen LogP contribution in [0.15, 0.2) is 107 Å². The molecule has 0 N–H and O–H groups in total. The topological polar surface area (TPSA) is 56.5 Å². The summed E-state index contributed by atoms with van der Waals surface area (Å²) in [6, 6.07) is 28.6. The van der Waals surface area contributed by atoms with Gasteiger partial charge in [-0.15, -0.1) is 0 Å². The maximum Gasteiger partial charge on any atom is 0.282 e. The van der Waals surface area contributed by atoms with Gasteiger partial charge in [0.15, 0.2) is 5.82 Å². The molecule has 5 nitrogen and oxygen atoms in total. The largest absolute Gasteiger partial charge is 0.488 e. The van der Waals surface area contributed by atoms with Crippen molar-refractivity contribution >= 4 is 39.7 Å². The molecule has 0 aliphatic heterocycles. The molecule has 4 aromatic carbocycles. The molecule has 1 heterocycles. The minimum absolute atomic E-state index is 0.236. The lowest BCUT2D eigenvalue weighted by atomic mass is 10.2. The lowest BCUT2D eigenvalue weighted by Gasteiger charge is -2.10. The Morgan fingerprint density at radius 3 is 2.46 bits per heavy atom. The van der Waals surface area contributed by atoms with Crippen molar-refractivity contribution in [3.63, 3.8) is 0 Å². The monoisotopic (exact) mass is 575 g/mol. The highest BCUT2D eigenvalue weighted by atomic mass is 127. The highest BCUT2D eigenvalue weighted by Gasteiger charge is 2.12. The molecule has 0 fully saturated rings. The molecule has 35 heavy (non-hydrogen) atoms. The van der Waals surface area contributed by atoms with E-state index in [0.29, 0.717) is 29.1 Å². The van der Waals surface area contributed by atoms with E-state index >= 15 is 0 Å². The molecule has 5 aromatic rings. The summed E-state index contributed by atoms with van der Waals surface area (Å²) < 4.78 is 21.2. The molecule has 1 aromatic heterocycles. The molecule has 0 amide bonds. The zero-order chi connectivity index (χ0) is 24.2. The molecule has 0 aliphatic carbocycles. The van der Waals surface area contributed by atoms with Crippen molar-refractivity contribution in [1.82, 2.24) is 9.66 Å². The van der Waals surface area contributed by atoms with Gasteiger partial charge in [-0.3, -0.25) is 4.79 Å². The Labute approximate surface area is 214 Å². The van der Waals surface area contributed by atoms with Crippen molar-refractivity contribution in [2.75, 3.05) is 0 Å². The summed E-state index contributed by atoms with van der Waals surface area (Å²) in [7, 11) is 0. The van der Waals surface area contributed by atoms with Gasteiger partial charge in [0, 0.05) is 5.56 Å². The number of halogens is 2. The number of fused-ring (bicyclic) bond motifs is 1. The molecule has 0 spiro atoms.